The molecule has 174 valence electrons. The molecular formula is C28H30N4O2. The van der Waals surface area contributed by atoms with Crippen LogP contribution in [0.2, 0.25) is 0 Å². The zero-order valence-corrected chi connectivity index (χ0v) is 19.9. The molecule has 5 rings (SSSR count). The van der Waals surface area contributed by atoms with Gasteiger partial charge in [-0.25, -0.2) is 0 Å². The molecule has 1 amide bonds. The van der Waals surface area contributed by atoms with E-state index in [4.69, 9.17) is 0 Å². The zero-order valence-electron chi connectivity index (χ0n) is 19.9. The molecule has 4 aromatic rings. The van der Waals surface area contributed by atoms with Crippen LogP contribution in [-0.2, 0) is 6.42 Å². The van der Waals surface area contributed by atoms with Gasteiger partial charge in [-0.1, -0.05) is 30.3 Å². The number of benzene rings is 2. The van der Waals surface area contributed by atoms with E-state index < -0.39 is 0 Å². The Bertz CT molecular complexity index is 1360. The number of carbonyl (C=O) groups excluding carboxylic acids is 2. The molecule has 2 aromatic heterocycles. The molecular weight excluding hydrogens is 424 g/mol. The molecule has 0 saturated heterocycles. The Balaban J connectivity index is 1.46. The third kappa shape index (κ3) is 3.89. The molecule has 6 nitrogen and oxygen atoms in total. The number of aryl methyl sites for hydroxylation is 1. The van der Waals surface area contributed by atoms with Crippen LogP contribution in [0.4, 0.5) is 5.69 Å². The van der Waals surface area contributed by atoms with Crippen molar-refractivity contribution in [3.8, 4) is 0 Å². The number of hydrogen-bond donors (Lipinski definition) is 3. The van der Waals surface area contributed by atoms with E-state index >= 15 is 0 Å². The molecule has 0 saturated carbocycles. The molecule has 0 radical (unpaired) electrons. The van der Waals surface area contributed by atoms with Gasteiger partial charge in [0.15, 0.2) is 5.78 Å². The Hall–Kier alpha value is -3.80. The lowest BCUT2D eigenvalue weighted by molar-refractivity contribution is 0.0946. The predicted molar refractivity (Wildman–Crippen MR) is 136 cm³/mol. The number of Topliss-reactive ketones (excluding diaryl/α,β-unsaturated/α-hetero) is 1. The third-order valence-electron chi connectivity index (χ3n) is 6.94. The molecule has 0 fully saturated rings. The zero-order chi connectivity index (χ0) is 23.8. The van der Waals surface area contributed by atoms with E-state index in [1.807, 2.05) is 39.3 Å². The van der Waals surface area contributed by atoms with Crippen LogP contribution in [0.3, 0.4) is 0 Å². The fourth-order valence-corrected chi connectivity index (χ4v) is 5.08. The maximum absolute atomic E-state index is 13.2. The summed E-state index contributed by atoms with van der Waals surface area (Å²) in [6.45, 7) is 2.31. The Morgan fingerprint density at radius 1 is 1.09 bits per heavy atom. The summed E-state index contributed by atoms with van der Waals surface area (Å²) in [4.78, 5) is 34.3. The molecule has 1 unspecified atom stereocenters. The Labute approximate surface area is 199 Å². The molecule has 3 N–H and O–H groups in total. The van der Waals surface area contributed by atoms with Gasteiger partial charge in [-0.2, -0.15) is 0 Å². The summed E-state index contributed by atoms with van der Waals surface area (Å²) >= 11 is 0. The smallest absolute Gasteiger partial charge is 0.268 e. The van der Waals surface area contributed by atoms with Crippen molar-refractivity contribution in [2.75, 3.05) is 25.5 Å². The number of hydrogen-bond acceptors (Lipinski definition) is 3. The fourth-order valence-electron chi connectivity index (χ4n) is 5.08. The molecule has 0 aliphatic heterocycles. The lowest BCUT2D eigenvalue weighted by Crippen LogP contribution is -2.29. The van der Waals surface area contributed by atoms with Crippen molar-refractivity contribution in [2.45, 2.75) is 32.1 Å². The summed E-state index contributed by atoms with van der Waals surface area (Å²) in [6.07, 6.45) is 4.24. The van der Waals surface area contributed by atoms with Gasteiger partial charge < -0.3 is 20.2 Å². The molecule has 34 heavy (non-hydrogen) atoms. The number of ketones is 1. The number of rotatable bonds is 6. The molecule has 0 bridgehead atoms. The number of H-pyrrole nitrogens is 2. The Morgan fingerprint density at radius 3 is 2.59 bits per heavy atom. The van der Waals surface area contributed by atoms with Crippen molar-refractivity contribution in [2.24, 2.45) is 0 Å². The number of para-hydroxylation sites is 1. The van der Waals surface area contributed by atoms with Crippen molar-refractivity contribution >= 4 is 28.3 Å². The van der Waals surface area contributed by atoms with Crippen LogP contribution >= 0.6 is 0 Å². The number of nitrogens with one attached hydrogen (secondary N) is 3. The lowest BCUT2D eigenvalue weighted by Gasteiger charge is -2.20. The highest BCUT2D eigenvalue weighted by Crippen LogP contribution is 2.32. The van der Waals surface area contributed by atoms with Crippen molar-refractivity contribution in [1.29, 1.82) is 0 Å². The minimum absolute atomic E-state index is 0.0252. The van der Waals surface area contributed by atoms with Crippen molar-refractivity contribution < 1.29 is 9.59 Å². The van der Waals surface area contributed by atoms with Crippen molar-refractivity contribution in [1.82, 2.24) is 15.3 Å². The number of aromatic amines is 2. The van der Waals surface area contributed by atoms with E-state index in [2.05, 4.69) is 56.6 Å². The first-order valence-electron chi connectivity index (χ1n) is 11.8. The van der Waals surface area contributed by atoms with Crippen molar-refractivity contribution in [3.05, 3.63) is 88.4 Å². The van der Waals surface area contributed by atoms with Gasteiger partial charge in [-0.05, 0) is 54.7 Å². The van der Waals surface area contributed by atoms with Gasteiger partial charge in [-0.15, -0.1) is 0 Å². The lowest BCUT2D eigenvalue weighted by atomic mass is 9.90. The average molecular weight is 455 g/mol. The van der Waals surface area contributed by atoms with E-state index in [-0.39, 0.29) is 17.6 Å². The normalized spacial score (nSPS) is 14.1. The van der Waals surface area contributed by atoms with Gasteiger partial charge in [0.05, 0.1) is 0 Å². The molecule has 2 heterocycles. The number of aromatic nitrogens is 2. The van der Waals surface area contributed by atoms with Gasteiger partial charge >= 0.3 is 0 Å². The minimum atomic E-state index is -0.172. The quantitative estimate of drug-likeness (QED) is 0.386. The third-order valence-corrected chi connectivity index (χ3v) is 6.94. The Kier molecular flexibility index (Phi) is 5.74. The van der Waals surface area contributed by atoms with Crippen LogP contribution in [0.25, 0.3) is 10.9 Å². The highest BCUT2D eigenvalue weighted by atomic mass is 16.2. The van der Waals surface area contributed by atoms with Gasteiger partial charge in [0.25, 0.3) is 5.91 Å². The summed E-state index contributed by atoms with van der Waals surface area (Å²) in [6, 6.07) is 16.7. The Morgan fingerprint density at radius 2 is 1.85 bits per heavy atom. The minimum Gasteiger partial charge on any atom is -0.378 e. The SMILES string of the molecule is Cc1c(C(=O)NCC(c2ccc(N(C)C)cc2)c2c[nH]c3ccccc23)[nH]c2c1C(=O)CCC2. The van der Waals surface area contributed by atoms with E-state index in [1.54, 1.807) is 0 Å². The first kappa shape index (κ1) is 22.0. The van der Waals surface area contributed by atoms with Crippen molar-refractivity contribution in [3.63, 3.8) is 0 Å². The number of fused-ring (bicyclic) bond motifs is 2. The van der Waals surface area contributed by atoms with Crippen LogP contribution in [0, 0.1) is 6.92 Å². The average Bonchev–Trinajstić information content (AvgIpc) is 3.41. The molecule has 6 heteroatoms. The van der Waals surface area contributed by atoms with Crippen LogP contribution < -0.4 is 10.2 Å². The second kappa shape index (κ2) is 8.86. The predicted octanol–water partition coefficient (Wildman–Crippen LogP) is 4.95. The van der Waals surface area contributed by atoms with Gasteiger partial charge in [-0.3, -0.25) is 9.59 Å². The van der Waals surface area contributed by atoms with E-state index in [1.165, 1.54) is 0 Å². The van der Waals surface area contributed by atoms with Gasteiger partial charge in [0.2, 0.25) is 0 Å². The van der Waals surface area contributed by atoms with Crippen LogP contribution in [0.15, 0.2) is 54.7 Å². The number of anilines is 1. The fraction of sp³-hybridized carbons (Fsp3) is 0.286. The van der Waals surface area contributed by atoms with E-state index in [0.29, 0.717) is 24.2 Å². The second-order valence-electron chi connectivity index (χ2n) is 9.29. The standard InChI is InChI=1S/C28H30N4O2/c1-17-26-24(9-6-10-25(26)33)31-27(17)28(34)30-15-21(18-11-13-19(14-12-18)32(2)3)22-16-29-23-8-5-4-7-20(22)23/h4-5,7-8,11-14,16,21,29,31H,6,9-10,15H2,1-3H3,(H,30,34). The molecule has 1 atom stereocenters. The van der Waals surface area contributed by atoms with Crippen LogP contribution in [0.1, 0.15) is 62.0 Å². The van der Waals surface area contributed by atoms with Gasteiger partial charge in [0, 0.05) is 67.0 Å². The summed E-state index contributed by atoms with van der Waals surface area (Å²) in [5.74, 6) is -0.0657. The summed E-state index contributed by atoms with van der Waals surface area (Å²) < 4.78 is 0. The molecule has 1 aliphatic carbocycles. The molecule has 2 aromatic carbocycles. The summed E-state index contributed by atoms with van der Waals surface area (Å²) in [7, 11) is 4.05. The highest BCUT2D eigenvalue weighted by molar-refractivity contribution is 6.04. The van der Waals surface area contributed by atoms with Crippen LogP contribution in [-0.4, -0.2) is 42.3 Å². The largest absolute Gasteiger partial charge is 0.378 e. The van der Waals surface area contributed by atoms with E-state index in [9.17, 15) is 9.59 Å². The highest BCUT2D eigenvalue weighted by Gasteiger charge is 2.27. The molecule has 0 spiro atoms. The number of carbonyl (C=O) groups is 2. The first-order valence-corrected chi connectivity index (χ1v) is 11.8. The summed E-state index contributed by atoms with van der Waals surface area (Å²) in [5, 5.41) is 4.30. The number of amides is 1. The second-order valence-corrected chi connectivity index (χ2v) is 9.29. The number of nitrogens with zero attached hydrogens (tertiary/aromatic N) is 1. The first-order chi connectivity index (χ1) is 16.4. The maximum Gasteiger partial charge on any atom is 0.268 e. The molecule has 1 aliphatic rings. The summed E-state index contributed by atoms with van der Waals surface area (Å²) in [5.41, 5.74) is 7.35. The van der Waals surface area contributed by atoms with Crippen LogP contribution in [0.5, 0.6) is 0 Å². The monoisotopic (exact) mass is 454 g/mol. The maximum atomic E-state index is 13.2. The van der Waals surface area contributed by atoms with Gasteiger partial charge in [0.1, 0.15) is 5.69 Å². The topological polar surface area (TPSA) is 81.0 Å². The van der Waals surface area contributed by atoms with E-state index in [0.717, 1.165) is 51.8 Å².